The highest BCUT2D eigenvalue weighted by Gasteiger charge is 2.07. The third kappa shape index (κ3) is 5.37. The van der Waals surface area contributed by atoms with E-state index in [0.29, 0.717) is 12.4 Å². The van der Waals surface area contributed by atoms with Crippen molar-refractivity contribution in [2.75, 3.05) is 13.2 Å². The minimum absolute atomic E-state index is 0.103. The van der Waals surface area contributed by atoms with Crippen LogP contribution in [0.4, 0.5) is 4.39 Å². The maximum Gasteiger partial charge on any atom is 0.123 e. The number of hydrogen-bond acceptors (Lipinski definition) is 2. The molecule has 0 fully saturated rings. The summed E-state index contributed by atoms with van der Waals surface area (Å²) in [6.07, 6.45) is 0. The van der Waals surface area contributed by atoms with Gasteiger partial charge in [-0.3, -0.25) is 0 Å². The van der Waals surface area contributed by atoms with Gasteiger partial charge in [-0.25, -0.2) is 4.39 Å². The molecule has 84 valence electrons. The van der Waals surface area contributed by atoms with Crippen LogP contribution in [0.3, 0.4) is 0 Å². The van der Waals surface area contributed by atoms with Gasteiger partial charge < -0.3 is 10.1 Å². The average Bonchev–Trinajstić information content (AvgIpc) is 2.14. The van der Waals surface area contributed by atoms with E-state index in [1.165, 1.54) is 12.1 Å². The van der Waals surface area contributed by atoms with Crippen LogP contribution in [0.15, 0.2) is 24.3 Å². The van der Waals surface area contributed by atoms with Gasteiger partial charge >= 0.3 is 0 Å². The predicted molar refractivity (Wildman–Crippen MR) is 59.7 cm³/mol. The van der Waals surface area contributed by atoms with Crippen molar-refractivity contribution in [1.82, 2.24) is 5.32 Å². The second kappa shape index (κ2) is 5.12. The fourth-order valence-electron chi connectivity index (χ4n) is 1.13. The van der Waals surface area contributed by atoms with Gasteiger partial charge in [-0.05, 0) is 45.0 Å². The van der Waals surface area contributed by atoms with Crippen LogP contribution in [0.2, 0.25) is 0 Å². The van der Waals surface area contributed by atoms with E-state index in [1.54, 1.807) is 12.1 Å². The Labute approximate surface area is 90.4 Å². The Morgan fingerprint density at radius 1 is 1.20 bits per heavy atom. The minimum Gasteiger partial charge on any atom is -0.492 e. The smallest absolute Gasteiger partial charge is 0.123 e. The van der Waals surface area contributed by atoms with Gasteiger partial charge in [-0.1, -0.05) is 0 Å². The van der Waals surface area contributed by atoms with Crippen molar-refractivity contribution in [3.63, 3.8) is 0 Å². The Morgan fingerprint density at radius 3 is 2.33 bits per heavy atom. The lowest BCUT2D eigenvalue weighted by Crippen LogP contribution is -2.38. The second-order valence-electron chi connectivity index (χ2n) is 4.48. The molecule has 0 radical (unpaired) electrons. The number of nitrogens with one attached hydrogen (secondary N) is 1. The molecule has 3 heteroatoms. The van der Waals surface area contributed by atoms with Gasteiger partial charge in [-0.2, -0.15) is 0 Å². The highest BCUT2D eigenvalue weighted by molar-refractivity contribution is 5.21. The van der Waals surface area contributed by atoms with Crippen LogP contribution in [0.25, 0.3) is 0 Å². The van der Waals surface area contributed by atoms with E-state index >= 15 is 0 Å². The first-order valence-corrected chi connectivity index (χ1v) is 5.11. The first-order valence-electron chi connectivity index (χ1n) is 5.11. The maximum atomic E-state index is 12.6. The van der Waals surface area contributed by atoms with E-state index < -0.39 is 0 Å². The Kier molecular flexibility index (Phi) is 4.09. The molecule has 0 atom stereocenters. The molecule has 0 aliphatic heterocycles. The summed E-state index contributed by atoms with van der Waals surface area (Å²) in [5.41, 5.74) is 0.103. The SMILES string of the molecule is CC(C)(C)NCCOc1ccc(F)cc1. The lowest BCUT2D eigenvalue weighted by molar-refractivity contribution is 0.290. The van der Waals surface area contributed by atoms with Crippen LogP contribution < -0.4 is 10.1 Å². The summed E-state index contributed by atoms with van der Waals surface area (Å²) in [6.45, 7) is 7.67. The molecule has 0 heterocycles. The molecule has 0 spiro atoms. The van der Waals surface area contributed by atoms with Gasteiger partial charge in [0.1, 0.15) is 18.2 Å². The normalized spacial score (nSPS) is 11.5. The van der Waals surface area contributed by atoms with Crippen molar-refractivity contribution in [2.45, 2.75) is 26.3 Å². The lowest BCUT2D eigenvalue weighted by atomic mass is 10.1. The van der Waals surface area contributed by atoms with Crippen molar-refractivity contribution in [3.8, 4) is 5.75 Å². The van der Waals surface area contributed by atoms with E-state index in [1.807, 2.05) is 0 Å². The van der Waals surface area contributed by atoms with Crippen LogP contribution in [0.1, 0.15) is 20.8 Å². The molecule has 1 rings (SSSR count). The molecule has 1 N–H and O–H groups in total. The molecule has 2 nitrogen and oxygen atoms in total. The number of hydrogen-bond donors (Lipinski definition) is 1. The summed E-state index contributed by atoms with van der Waals surface area (Å²) in [6, 6.07) is 6.05. The Bertz CT molecular complexity index is 289. The molecule has 1 aromatic rings. The average molecular weight is 211 g/mol. The Morgan fingerprint density at radius 2 is 1.80 bits per heavy atom. The maximum absolute atomic E-state index is 12.6. The molecule has 0 aromatic heterocycles. The highest BCUT2D eigenvalue weighted by atomic mass is 19.1. The van der Waals surface area contributed by atoms with Gasteiger partial charge in [-0.15, -0.1) is 0 Å². The number of halogens is 1. The molecule has 0 saturated carbocycles. The van der Waals surface area contributed by atoms with Crippen LogP contribution in [0, 0.1) is 5.82 Å². The number of benzene rings is 1. The first-order chi connectivity index (χ1) is 6.97. The highest BCUT2D eigenvalue weighted by Crippen LogP contribution is 2.10. The van der Waals surface area contributed by atoms with Gasteiger partial charge in [0.25, 0.3) is 0 Å². The topological polar surface area (TPSA) is 21.3 Å². The molecule has 0 saturated heterocycles. The summed E-state index contributed by atoms with van der Waals surface area (Å²) in [7, 11) is 0. The van der Waals surface area contributed by atoms with E-state index in [-0.39, 0.29) is 11.4 Å². The first kappa shape index (κ1) is 12.0. The second-order valence-corrected chi connectivity index (χ2v) is 4.48. The van der Waals surface area contributed by atoms with Crippen LogP contribution in [-0.2, 0) is 0 Å². The molecule has 1 aromatic carbocycles. The summed E-state index contributed by atoms with van der Waals surface area (Å²) in [5, 5.41) is 3.30. The molecule has 0 aliphatic rings. The molecule has 15 heavy (non-hydrogen) atoms. The minimum atomic E-state index is -0.241. The fraction of sp³-hybridized carbons (Fsp3) is 0.500. The Hall–Kier alpha value is -1.09. The van der Waals surface area contributed by atoms with E-state index in [0.717, 1.165) is 6.54 Å². The Balaban J connectivity index is 2.23. The summed E-state index contributed by atoms with van der Waals surface area (Å²) in [4.78, 5) is 0. The zero-order chi connectivity index (χ0) is 11.3. The van der Waals surface area contributed by atoms with Crippen molar-refractivity contribution in [3.05, 3.63) is 30.1 Å². The standard InChI is InChI=1S/C12H18FNO/c1-12(2,3)14-8-9-15-11-6-4-10(13)5-7-11/h4-7,14H,8-9H2,1-3H3. The van der Waals surface area contributed by atoms with Gasteiger partial charge in [0.15, 0.2) is 0 Å². The quantitative estimate of drug-likeness (QED) is 0.773. The summed E-state index contributed by atoms with van der Waals surface area (Å²) < 4.78 is 18.0. The van der Waals surface area contributed by atoms with Crippen LogP contribution in [-0.4, -0.2) is 18.7 Å². The van der Waals surface area contributed by atoms with Crippen molar-refractivity contribution in [2.24, 2.45) is 0 Å². The third-order valence-electron chi connectivity index (χ3n) is 1.84. The zero-order valence-corrected chi connectivity index (χ0v) is 9.51. The molecule has 0 amide bonds. The van der Waals surface area contributed by atoms with Gasteiger partial charge in [0.2, 0.25) is 0 Å². The molecule has 0 aliphatic carbocycles. The van der Waals surface area contributed by atoms with Gasteiger partial charge in [0.05, 0.1) is 0 Å². The summed E-state index contributed by atoms with van der Waals surface area (Å²) in [5.74, 6) is 0.460. The predicted octanol–water partition coefficient (Wildman–Crippen LogP) is 2.59. The third-order valence-corrected chi connectivity index (χ3v) is 1.84. The number of rotatable bonds is 4. The zero-order valence-electron chi connectivity index (χ0n) is 9.51. The van der Waals surface area contributed by atoms with Crippen LogP contribution in [0.5, 0.6) is 5.75 Å². The molecule has 0 unspecified atom stereocenters. The van der Waals surface area contributed by atoms with Crippen molar-refractivity contribution in [1.29, 1.82) is 0 Å². The van der Waals surface area contributed by atoms with Crippen molar-refractivity contribution >= 4 is 0 Å². The van der Waals surface area contributed by atoms with E-state index in [9.17, 15) is 4.39 Å². The molecule has 0 bridgehead atoms. The van der Waals surface area contributed by atoms with E-state index in [2.05, 4.69) is 26.1 Å². The largest absolute Gasteiger partial charge is 0.492 e. The molecular weight excluding hydrogens is 193 g/mol. The molecular formula is C12H18FNO. The van der Waals surface area contributed by atoms with E-state index in [4.69, 9.17) is 4.74 Å². The van der Waals surface area contributed by atoms with Crippen LogP contribution >= 0.6 is 0 Å². The van der Waals surface area contributed by atoms with Gasteiger partial charge in [0, 0.05) is 12.1 Å². The van der Waals surface area contributed by atoms with Crippen molar-refractivity contribution < 1.29 is 9.13 Å². The summed E-state index contributed by atoms with van der Waals surface area (Å²) >= 11 is 0. The fourth-order valence-corrected chi connectivity index (χ4v) is 1.13. The lowest BCUT2D eigenvalue weighted by Gasteiger charge is -2.20. The monoisotopic (exact) mass is 211 g/mol. The number of ether oxygens (including phenoxy) is 1.